The highest BCUT2D eigenvalue weighted by Gasteiger charge is 2.19. The van der Waals surface area contributed by atoms with Crippen molar-refractivity contribution in [3.05, 3.63) is 66.4 Å². The Morgan fingerprint density at radius 2 is 1.41 bits per heavy atom. The van der Waals surface area contributed by atoms with Gasteiger partial charge in [0.25, 0.3) is 0 Å². The minimum absolute atomic E-state index is 0.106. The first-order valence-electron chi connectivity index (χ1n) is 8.01. The smallest absolute Gasteiger partial charge is 0.0783 e. The molecule has 2 aromatic carbocycles. The summed E-state index contributed by atoms with van der Waals surface area (Å²) >= 11 is 0. The normalized spacial score (nSPS) is 11.0. The third kappa shape index (κ3) is 3.19. The largest absolute Gasteiger partial charge is 0.256 e. The lowest BCUT2D eigenvalue weighted by molar-refractivity contribution is 0.592. The predicted molar refractivity (Wildman–Crippen MR) is 97.2 cm³/mol. The summed E-state index contributed by atoms with van der Waals surface area (Å²) in [4.78, 5) is 4.65. The van der Waals surface area contributed by atoms with E-state index in [-0.39, 0.29) is 5.41 Å². The van der Waals surface area contributed by atoms with Crippen LogP contribution in [0, 0.1) is 0 Å². The van der Waals surface area contributed by atoms with Crippen molar-refractivity contribution >= 4 is 10.8 Å². The lowest BCUT2D eigenvalue weighted by atomic mass is 9.82. The standard InChI is InChI=1S/C19H19N.C2H6/c1-19(2,3)17-11-7-6-10-16(17)18-15-9-5-4-8-14(15)12-13-20-18;1-2/h4-13H,1-3H3;1-2H3. The van der Waals surface area contributed by atoms with Crippen molar-refractivity contribution in [1.29, 1.82) is 0 Å². The van der Waals surface area contributed by atoms with Crippen molar-refractivity contribution in [2.24, 2.45) is 0 Å². The van der Waals surface area contributed by atoms with Crippen LogP contribution in [-0.4, -0.2) is 4.98 Å². The van der Waals surface area contributed by atoms with Crippen LogP contribution in [0.4, 0.5) is 0 Å². The summed E-state index contributed by atoms with van der Waals surface area (Å²) in [6.07, 6.45) is 1.90. The maximum atomic E-state index is 4.65. The van der Waals surface area contributed by atoms with E-state index in [0.717, 1.165) is 5.69 Å². The topological polar surface area (TPSA) is 12.9 Å². The Bertz CT molecular complexity index is 746. The zero-order valence-corrected chi connectivity index (χ0v) is 14.2. The maximum Gasteiger partial charge on any atom is 0.0783 e. The Morgan fingerprint density at radius 1 is 0.773 bits per heavy atom. The van der Waals surface area contributed by atoms with Crippen LogP contribution < -0.4 is 0 Å². The highest BCUT2D eigenvalue weighted by atomic mass is 14.7. The van der Waals surface area contributed by atoms with Gasteiger partial charge in [-0.2, -0.15) is 0 Å². The maximum absolute atomic E-state index is 4.65. The van der Waals surface area contributed by atoms with E-state index in [1.165, 1.54) is 21.9 Å². The van der Waals surface area contributed by atoms with E-state index < -0.39 is 0 Å². The Balaban J connectivity index is 0.000000847. The summed E-state index contributed by atoms with van der Waals surface area (Å²) in [7, 11) is 0. The number of pyridine rings is 1. The fourth-order valence-electron chi connectivity index (χ4n) is 2.68. The number of fused-ring (bicyclic) bond motifs is 1. The fraction of sp³-hybridized carbons (Fsp3) is 0.286. The van der Waals surface area contributed by atoms with Gasteiger partial charge in [0.2, 0.25) is 0 Å². The van der Waals surface area contributed by atoms with Crippen LogP contribution in [-0.2, 0) is 5.41 Å². The van der Waals surface area contributed by atoms with Gasteiger partial charge in [0.15, 0.2) is 0 Å². The molecule has 0 fully saturated rings. The molecule has 3 aromatic rings. The van der Waals surface area contributed by atoms with Crippen molar-refractivity contribution in [2.75, 3.05) is 0 Å². The van der Waals surface area contributed by atoms with Crippen molar-refractivity contribution in [1.82, 2.24) is 4.98 Å². The van der Waals surface area contributed by atoms with Gasteiger partial charge in [-0.25, -0.2) is 0 Å². The first-order chi connectivity index (χ1) is 10.6. The van der Waals surface area contributed by atoms with E-state index in [9.17, 15) is 0 Å². The highest BCUT2D eigenvalue weighted by molar-refractivity contribution is 5.95. The van der Waals surface area contributed by atoms with Crippen LogP contribution in [0.2, 0.25) is 0 Å². The molecule has 0 aliphatic heterocycles. The van der Waals surface area contributed by atoms with Gasteiger partial charge in [-0.3, -0.25) is 4.98 Å². The zero-order chi connectivity index (χ0) is 16.2. The average molecular weight is 291 g/mol. The molecule has 0 amide bonds. The number of benzene rings is 2. The SMILES string of the molecule is CC.CC(C)(C)c1ccccc1-c1nccc2ccccc12. The molecule has 0 saturated carbocycles. The second kappa shape index (κ2) is 6.74. The summed E-state index contributed by atoms with van der Waals surface area (Å²) in [5, 5.41) is 2.45. The minimum Gasteiger partial charge on any atom is -0.256 e. The summed E-state index contributed by atoms with van der Waals surface area (Å²) in [6.45, 7) is 10.7. The van der Waals surface area contributed by atoms with Gasteiger partial charge in [-0.15, -0.1) is 0 Å². The van der Waals surface area contributed by atoms with Crippen LogP contribution in [0.1, 0.15) is 40.2 Å². The molecule has 0 saturated heterocycles. The van der Waals surface area contributed by atoms with Gasteiger partial charge in [-0.05, 0) is 22.4 Å². The molecule has 0 atom stereocenters. The molecular weight excluding hydrogens is 266 g/mol. The molecule has 0 bridgehead atoms. The van der Waals surface area contributed by atoms with E-state index in [1.807, 2.05) is 20.0 Å². The number of aromatic nitrogens is 1. The van der Waals surface area contributed by atoms with E-state index >= 15 is 0 Å². The fourth-order valence-corrected chi connectivity index (χ4v) is 2.68. The Kier molecular flexibility index (Phi) is 4.97. The van der Waals surface area contributed by atoms with Crippen molar-refractivity contribution in [3.8, 4) is 11.3 Å². The molecule has 0 aliphatic rings. The van der Waals surface area contributed by atoms with Crippen LogP contribution in [0.25, 0.3) is 22.0 Å². The van der Waals surface area contributed by atoms with Crippen LogP contribution in [0.15, 0.2) is 60.8 Å². The first kappa shape index (κ1) is 16.2. The molecule has 1 aromatic heterocycles. The van der Waals surface area contributed by atoms with Crippen molar-refractivity contribution in [3.63, 3.8) is 0 Å². The summed E-state index contributed by atoms with van der Waals surface area (Å²) in [6, 6.07) is 19.1. The van der Waals surface area contributed by atoms with Gasteiger partial charge in [0.1, 0.15) is 0 Å². The molecule has 0 unspecified atom stereocenters. The van der Waals surface area contributed by atoms with Crippen molar-refractivity contribution < 1.29 is 0 Å². The second-order valence-electron chi connectivity index (χ2n) is 6.18. The molecule has 114 valence electrons. The summed E-state index contributed by atoms with van der Waals surface area (Å²) in [5.74, 6) is 0. The Labute approximate surface area is 134 Å². The molecule has 1 nitrogen and oxygen atoms in total. The zero-order valence-electron chi connectivity index (χ0n) is 14.2. The van der Waals surface area contributed by atoms with Crippen LogP contribution in [0.3, 0.4) is 0 Å². The molecule has 0 spiro atoms. The van der Waals surface area contributed by atoms with Crippen molar-refractivity contribution in [2.45, 2.75) is 40.0 Å². The quantitative estimate of drug-likeness (QED) is 0.518. The number of hydrogen-bond acceptors (Lipinski definition) is 1. The van der Waals surface area contributed by atoms with E-state index in [0.29, 0.717) is 0 Å². The summed E-state index contributed by atoms with van der Waals surface area (Å²) in [5.41, 5.74) is 3.75. The predicted octanol–water partition coefficient (Wildman–Crippen LogP) is 6.23. The van der Waals surface area contributed by atoms with Gasteiger partial charge in [0, 0.05) is 17.1 Å². The van der Waals surface area contributed by atoms with E-state index in [4.69, 9.17) is 0 Å². The first-order valence-corrected chi connectivity index (χ1v) is 8.01. The molecule has 0 N–H and O–H groups in total. The van der Waals surface area contributed by atoms with Gasteiger partial charge in [0.05, 0.1) is 5.69 Å². The molecule has 1 heteroatoms. The number of hydrogen-bond donors (Lipinski definition) is 0. The Morgan fingerprint density at radius 3 is 2.14 bits per heavy atom. The molecular formula is C21H25N. The average Bonchev–Trinajstić information content (AvgIpc) is 2.55. The molecule has 3 rings (SSSR count). The van der Waals surface area contributed by atoms with E-state index in [2.05, 4.69) is 80.4 Å². The van der Waals surface area contributed by atoms with E-state index in [1.54, 1.807) is 0 Å². The molecule has 1 heterocycles. The highest BCUT2D eigenvalue weighted by Crippen LogP contribution is 2.34. The second-order valence-corrected chi connectivity index (χ2v) is 6.18. The van der Waals surface area contributed by atoms with Gasteiger partial charge in [-0.1, -0.05) is 83.1 Å². The van der Waals surface area contributed by atoms with Crippen LogP contribution >= 0.6 is 0 Å². The van der Waals surface area contributed by atoms with Crippen LogP contribution in [0.5, 0.6) is 0 Å². The summed E-state index contributed by atoms with van der Waals surface area (Å²) < 4.78 is 0. The monoisotopic (exact) mass is 291 g/mol. The minimum atomic E-state index is 0.106. The molecule has 0 radical (unpaired) electrons. The third-order valence-electron chi connectivity index (χ3n) is 3.66. The van der Waals surface area contributed by atoms with Gasteiger partial charge < -0.3 is 0 Å². The molecule has 22 heavy (non-hydrogen) atoms. The number of nitrogens with zero attached hydrogens (tertiary/aromatic N) is 1. The number of rotatable bonds is 1. The third-order valence-corrected chi connectivity index (χ3v) is 3.66. The lowest BCUT2D eigenvalue weighted by Crippen LogP contribution is -2.12. The lowest BCUT2D eigenvalue weighted by Gasteiger charge is -2.23. The van der Waals surface area contributed by atoms with Gasteiger partial charge >= 0.3 is 0 Å². The molecule has 0 aliphatic carbocycles. The Hall–Kier alpha value is -2.15.